The summed E-state index contributed by atoms with van der Waals surface area (Å²) in [5.74, 6) is 0.500. The molecule has 0 unspecified atom stereocenters. The van der Waals surface area contributed by atoms with Crippen molar-refractivity contribution in [3.8, 4) is 0 Å². The minimum absolute atomic E-state index is 0.0580. The third-order valence-electron chi connectivity index (χ3n) is 4.15. The van der Waals surface area contributed by atoms with Gasteiger partial charge in [-0.25, -0.2) is 0 Å². The van der Waals surface area contributed by atoms with Crippen LogP contribution in [0.15, 0.2) is 23.0 Å². The summed E-state index contributed by atoms with van der Waals surface area (Å²) in [4.78, 5) is 14.3. The number of hydrogen-bond acceptors (Lipinski definition) is 3. The van der Waals surface area contributed by atoms with Crippen LogP contribution in [0.5, 0.6) is 0 Å². The van der Waals surface area contributed by atoms with Crippen LogP contribution in [-0.4, -0.2) is 43.7 Å². The largest absolute Gasteiger partial charge is 0.472 e. The van der Waals surface area contributed by atoms with Crippen molar-refractivity contribution < 1.29 is 13.6 Å². The molecule has 2 heterocycles. The summed E-state index contributed by atoms with van der Waals surface area (Å²) in [6, 6.07) is 1.68. The summed E-state index contributed by atoms with van der Waals surface area (Å²) < 4.78 is 16.9. The van der Waals surface area contributed by atoms with Gasteiger partial charge in [-0.1, -0.05) is 0 Å². The van der Waals surface area contributed by atoms with Gasteiger partial charge >= 0.3 is 0 Å². The van der Waals surface area contributed by atoms with Crippen molar-refractivity contribution in [1.29, 1.82) is 0 Å². The molecule has 0 atom stereocenters. The molecule has 1 saturated heterocycles. The van der Waals surface area contributed by atoms with Crippen LogP contribution in [0.25, 0.3) is 0 Å². The first kappa shape index (κ1) is 16.0. The van der Waals surface area contributed by atoms with Crippen LogP contribution in [-0.2, 0) is 0 Å². The molecule has 0 aromatic carbocycles. The average Bonchev–Trinajstić information content (AvgIpc) is 3.05. The van der Waals surface area contributed by atoms with Crippen LogP contribution in [0.4, 0.5) is 4.39 Å². The van der Waals surface area contributed by atoms with E-state index in [1.54, 1.807) is 6.07 Å². The van der Waals surface area contributed by atoms with Crippen molar-refractivity contribution >= 4 is 5.91 Å². The summed E-state index contributed by atoms with van der Waals surface area (Å²) in [6.07, 6.45) is 7.98. The summed E-state index contributed by atoms with van der Waals surface area (Å²) in [5.41, 5.74) is 0.584. The Bertz CT molecular complexity index is 400. The Morgan fingerprint density at radius 1 is 1.33 bits per heavy atom. The first-order valence-electron chi connectivity index (χ1n) is 7.88. The smallest absolute Gasteiger partial charge is 0.254 e. The Morgan fingerprint density at radius 2 is 2.14 bits per heavy atom. The molecule has 0 saturated carbocycles. The van der Waals surface area contributed by atoms with Crippen LogP contribution in [0.1, 0.15) is 42.5 Å². The Morgan fingerprint density at radius 3 is 2.81 bits per heavy atom. The number of nitrogens with zero attached hydrogens (tertiary/aromatic N) is 1. The normalized spacial score (nSPS) is 17.0. The molecule has 118 valence electrons. The van der Waals surface area contributed by atoms with Crippen molar-refractivity contribution in [2.75, 3.05) is 32.9 Å². The van der Waals surface area contributed by atoms with Crippen LogP contribution < -0.4 is 5.32 Å². The molecule has 0 aliphatic carbocycles. The number of hydrogen-bond donors (Lipinski definition) is 1. The van der Waals surface area contributed by atoms with E-state index >= 15 is 0 Å². The molecule has 1 aliphatic rings. The molecule has 1 amide bonds. The molecule has 0 radical (unpaired) electrons. The van der Waals surface area contributed by atoms with E-state index in [4.69, 9.17) is 4.42 Å². The van der Waals surface area contributed by atoms with Gasteiger partial charge in [0.15, 0.2) is 0 Å². The van der Waals surface area contributed by atoms with Gasteiger partial charge in [-0.15, -0.1) is 0 Å². The predicted octanol–water partition coefficient (Wildman–Crippen LogP) is 2.86. The van der Waals surface area contributed by atoms with E-state index in [9.17, 15) is 9.18 Å². The van der Waals surface area contributed by atoms with Crippen molar-refractivity contribution in [3.63, 3.8) is 0 Å². The second-order valence-corrected chi connectivity index (χ2v) is 5.76. The van der Waals surface area contributed by atoms with Gasteiger partial charge in [0.1, 0.15) is 6.26 Å². The molecule has 0 bridgehead atoms. The quantitative estimate of drug-likeness (QED) is 0.750. The van der Waals surface area contributed by atoms with Gasteiger partial charge in [0.05, 0.1) is 18.5 Å². The molecule has 1 aromatic heterocycles. The Balaban J connectivity index is 1.57. The third-order valence-corrected chi connectivity index (χ3v) is 4.15. The molecule has 1 fully saturated rings. The lowest BCUT2D eigenvalue weighted by atomic mass is 9.96. The van der Waals surface area contributed by atoms with Gasteiger partial charge < -0.3 is 14.6 Å². The number of likely N-dealkylation sites (tertiary alicyclic amines) is 1. The number of amides is 1. The molecular formula is C16H25FN2O2. The molecule has 1 N–H and O–H groups in total. The number of carbonyl (C=O) groups excluding carboxylic acids is 1. The molecule has 21 heavy (non-hydrogen) atoms. The zero-order valence-electron chi connectivity index (χ0n) is 12.5. The number of carbonyl (C=O) groups is 1. The minimum Gasteiger partial charge on any atom is -0.472 e. The number of piperidine rings is 1. The second-order valence-electron chi connectivity index (χ2n) is 5.76. The highest BCUT2D eigenvalue weighted by atomic mass is 19.1. The van der Waals surface area contributed by atoms with Crippen LogP contribution in [0, 0.1) is 5.92 Å². The molecular weight excluding hydrogens is 271 g/mol. The Hall–Kier alpha value is -1.36. The maximum absolute atomic E-state index is 12.0. The summed E-state index contributed by atoms with van der Waals surface area (Å²) in [7, 11) is 0. The Kier molecular flexibility index (Phi) is 6.73. The predicted molar refractivity (Wildman–Crippen MR) is 80.0 cm³/mol. The minimum atomic E-state index is -0.196. The van der Waals surface area contributed by atoms with E-state index in [0.717, 1.165) is 51.9 Å². The average molecular weight is 296 g/mol. The fourth-order valence-corrected chi connectivity index (χ4v) is 2.75. The number of halogens is 1. The van der Waals surface area contributed by atoms with Gasteiger partial charge in [0.25, 0.3) is 5.91 Å². The van der Waals surface area contributed by atoms with Gasteiger partial charge in [0, 0.05) is 6.54 Å². The fourth-order valence-electron chi connectivity index (χ4n) is 2.75. The lowest BCUT2D eigenvalue weighted by Crippen LogP contribution is -2.39. The van der Waals surface area contributed by atoms with Crippen LogP contribution in [0.3, 0.4) is 0 Å². The van der Waals surface area contributed by atoms with E-state index in [1.165, 1.54) is 12.5 Å². The van der Waals surface area contributed by atoms with Crippen molar-refractivity contribution in [1.82, 2.24) is 10.2 Å². The van der Waals surface area contributed by atoms with Crippen molar-refractivity contribution in [3.05, 3.63) is 24.2 Å². The zero-order chi connectivity index (χ0) is 14.9. The van der Waals surface area contributed by atoms with Crippen molar-refractivity contribution in [2.24, 2.45) is 5.92 Å². The van der Waals surface area contributed by atoms with E-state index in [1.807, 2.05) is 0 Å². The standard InChI is InChI=1S/C16H25FN2O2/c17-7-2-1-3-8-19-9-4-14(5-10-19)12-18-16(20)15-6-11-21-13-15/h6,11,13-14H,1-5,7-10,12H2,(H,18,20). The van der Waals surface area contributed by atoms with Crippen LogP contribution >= 0.6 is 0 Å². The molecule has 5 heteroatoms. The zero-order valence-corrected chi connectivity index (χ0v) is 12.5. The van der Waals surface area contributed by atoms with E-state index in [0.29, 0.717) is 17.9 Å². The number of unbranched alkanes of at least 4 members (excludes halogenated alkanes) is 2. The lowest BCUT2D eigenvalue weighted by molar-refractivity contribution is 0.0935. The number of rotatable bonds is 8. The molecule has 0 spiro atoms. The topological polar surface area (TPSA) is 45.5 Å². The molecule has 2 rings (SSSR count). The summed E-state index contributed by atoms with van der Waals surface area (Å²) in [5, 5.41) is 2.97. The summed E-state index contributed by atoms with van der Waals surface area (Å²) in [6.45, 7) is 3.79. The molecule has 1 aliphatic heterocycles. The second kappa shape index (κ2) is 8.82. The highest BCUT2D eigenvalue weighted by Crippen LogP contribution is 2.17. The van der Waals surface area contributed by atoms with Gasteiger partial charge in [-0.3, -0.25) is 9.18 Å². The van der Waals surface area contributed by atoms with Crippen molar-refractivity contribution in [2.45, 2.75) is 32.1 Å². The number of furan rings is 1. The summed E-state index contributed by atoms with van der Waals surface area (Å²) >= 11 is 0. The molecule has 4 nitrogen and oxygen atoms in total. The number of nitrogens with one attached hydrogen (secondary N) is 1. The lowest BCUT2D eigenvalue weighted by Gasteiger charge is -2.32. The molecule has 1 aromatic rings. The SMILES string of the molecule is O=C(NCC1CCN(CCCCCF)CC1)c1ccoc1. The highest BCUT2D eigenvalue weighted by Gasteiger charge is 2.19. The highest BCUT2D eigenvalue weighted by molar-refractivity contribution is 5.93. The van der Waals surface area contributed by atoms with E-state index in [2.05, 4.69) is 10.2 Å². The maximum Gasteiger partial charge on any atom is 0.254 e. The van der Waals surface area contributed by atoms with Crippen LogP contribution in [0.2, 0.25) is 0 Å². The van der Waals surface area contributed by atoms with Gasteiger partial charge in [0.2, 0.25) is 0 Å². The van der Waals surface area contributed by atoms with E-state index < -0.39 is 0 Å². The first-order chi connectivity index (χ1) is 10.3. The number of alkyl halides is 1. The third kappa shape index (κ3) is 5.50. The monoisotopic (exact) mass is 296 g/mol. The van der Waals surface area contributed by atoms with Gasteiger partial charge in [-0.2, -0.15) is 0 Å². The fraction of sp³-hybridized carbons (Fsp3) is 0.688. The van der Waals surface area contributed by atoms with E-state index in [-0.39, 0.29) is 12.6 Å². The van der Waals surface area contributed by atoms with Gasteiger partial charge in [-0.05, 0) is 63.7 Å². The first-order valence-corrected chi connectivity index (χ1v) is 7.88. The maximum atomic E-state index is 12.0. The Labute approximate surface area is 125 Å².